The molecule has 1 fully saturated rings. The van der Waals surface area contributed by atoms with E-state index in [1.54, 1.807) is 4.90 Å². The van der Waals surface area contributed by atoms with Crippen LogP contribution in [0.2, 0.25) is 0 Å². The lowest BCUT2D eigenvalue weighted by Gasteiger charge is -2.32. The topological polar surface area (TPSA) is 107 Å². The van der Waals surface area contributed by atoms with Crippen LogP contribution in [0.15, 0.2) is 48.5 Å². The number of carbonyl (C=O) groups is 1. The van der Waals surface area contributed by atoms with Gasteiger partial charge >= 0.3 is 0 Å². The molecule has 1 amide bonds. The quantitative estimate of drug-likeness (QED) is 0.560. The standard InChI is InChI=1S/C20H21N3O5/c24-20(13-17-6-7-18(22(25)26)14-19(17)23(27)28)21-10-8-16(9-11-21)12-15-4-2-1-3-5-15/h1-7,14,16H,8-13H2. The highest BCUT2D eigenvalue weighted by Crippen LogP contribution is 2.27. The van der Waals surface area contributed by atoms with E-state index in [2.05, 4.69) is 12.1 Å². The highest BCUT2D eigenvalue weighted by Gasteiger charge is 2.26. The Hall–Kier alpha value is -3.29. The first-order chi connectivity index (χ1) is 13.4. The molecule has 0 saturated carbocycles. The van der Waals surface area contributed by atoms with Gasteiger partial charge in [-0.1, -0.05) is 30.3 Å². The van der Waals surface area contributed by atoms with Gasteiger partial charge in [-0.3, -0.25) is 25.0 Å². The van der Waals surface area contributed by atoms with Crippen molar-refractivity contribution in [3.63, 3.8) is 0 Å². The SMILES string of the molecule is O=C(Cc1ccc([N+](=O)[O-])cc1[N+](=O)[O-])N1CCC(Cc2ccccc2)CC1. The van der Waals surface area contributed by atoms with Crippen molar-refractivity contribution in [2.24, 2.45) is 5.92 Å². The Morgan fingerprint density at radius 3 is 2.29 bits per heavy atom. The van der Waals surface area contributed by atoms with Crippen molar-refractivity contribution in [2.75, 3.05) is 13.1 Å². The van der Waals surface area contributed by atoms with Crippen LogP contribution in [0, 0.1) is 26.1 Å². The second kappa shape index (κ2) is 8.60. The van der Waals surface area contributed by atoms with Crippen LogP contribution in [0.3, 0.4) is 0 Å². The average Bonchev–Trinajstić information content (AvgIpc) is 2.69. The number of nitrogens with zero attached hydrogens (tertiary/aromatic N) is 3. The van der Waals surface area contributed by atoms with E-state index in [1.807, 2.05) is 18.2 Å². The Kier molecular flexibility index (Phi) is 5.98. The summed E-state index contributed by atoms with van der Waals surface area (Å²) in [5.41, 5.74) is 0.743. The molecule has 2 aromatic carbocycles. The van der Waals surface area contributed by atoms with E-state index < -0.39 is 9.85 Å². The lowest BCUT2D eigenvalue weighted by molar-refractivity contribution is -0.394. The number of nitro groups is 2. The molecule has 146 valence electrons. The monoisotopic (exact) mass is 383 g/mol. The molecule has 1 heterocycles. The molecule has 1 aliphatic rings. The molecule has 2 aromatic rings. The van der Waals surface area contributed by atoms with Gasteiger partial charge in [-0.05, 0) is 36.8 Å². The maximum Gasteiger partial charge on any atom is 0.279 e. The van der Waals surface area contributed by atoms with E-state index in [0.717, 1.165) is 25.3 Å². The van der Waals surface area contributed by atoms with Crippen LogP contribution >= 0.6 is 0 Å². The van der Waals surface area contributed by atoms with E-state index in [0.29, 0.717) is 19.0 Å². The summed E-state index contributed by atoms with van der Waals surface area (Å²) in [6, 6.07) is 13.6. The molecule has 1 aliphatic heterocycles. The molecule has 0 aromatic heterocycles. The van der Waals surface area contributed by atoms with Gasteiger partial charge in [0.25, 0.3) is 11.4 Å². The van der Waals surface area contributed by atoms with Gasteiger partial charge in [0.1, 0.15) is 0 Å². The van der Waals surface area contributed by atoms with Gasteiger partial charge in [-0.15, -0.1) is 0 Å². The van der Waals surface area contributed by atoms with Crippen molar-refractivity contribution in [2.45, 2.75) is 25.7 Å². The van der Waals surface area contributed by atoms with E-state index in [-0.39, 0.29) is 29.3 Å². The van der Waals surface area contributed by atoms with Gasteiger partial charge in [0.15, 0.2) is 0 Å². The molecule has 1 saturated heterocycles. The maximum atomic E-state index is 12.6. The molecule has 0 atom stereocenters. The number of hydrogen-bond donors (Lipinski definition) is 0. The molecule has 0 bridgehead atoms. The van der Waals surface area contributed by atoms with Crippen molar-refractivity contribution in [3.05, 3.63) is 79.9 Å². The smallest absolute Gasteiger partial charge is 0.279 e. The third kappa shape index (κ3) is 4.70. The number of hydrogen-bond acceptors (Lipinski definition) is 5. The van der Waals surface area contributed by atoms with Crippen molar-refractivity contribution < 1.29 is 14.6 Å². The zero-order valence-corrected chi connectivity index (χ0v) is 15.3. The molecule has 0 unspecified atom stereocenters. The first-order valence-electron chi connectivity index (χ1n) is 9.17. The summed E-state index contributed by atoms with van der Waals surface area (Å²) in [6.45, 7) is 1.24. The number of benzene rings is 2. The third-order valence-electron chi connectivity index (χ3n) is 5.15. The van der Waals surface area contributed by atoms with Crippen LogP contribution < -0.4 is 0 Å². The summed E-state index contributed by atoms with van der Waals surface area (Å²) < 4.78 is 0. The van der Waals surface area contributed by atoms with Gasteiger partial charge in [0.2, 0.25) is 5.91 Å². The lowest BCUT2D eigenvalue weighted by Crippen LogP contribution is -2.39. The van der Waals surface area contributed by atoms with Crippen LogP contribution in [-0.2, 0) is 17.6 Å². The van der Waals surface area contributed by atoms with E-state index in [9.17, 15) is 25.0 Å². The number of piperidine rings is 1. The van der Waals surface area contributed by atoms with Gasteiger partial charge in [0.05, 0.1) is 22.3 Å². The van der Waals surface area contributed by atoms with Crippen LogP contribution in [0.1, 0.15) is 24.0 Å². The van der Waals surface area contributed by atoms with E-state index >= 15 is 0 Å². The molecule has 8 nitrogen and oxygen atoms in total. The molecule has 8 heteroatoms. The van der Waals surface area contributed by atoms with Crippen molar-refractivity contribution in [3.8, 4) is 0 Å². The zero-order valence-electron chi connectivity index (χ0n) is 15.3. The predicted molar refractivity (Wildman–Crippen MR) is 103 cm³/mol. The van der Waals surface area contributed by atoms with Crippen LogP contribution in [0.4, 0.5) is 11.4 Å². The molecular weight excluding hydrogens is 362 g/mol. The van der Waals surface area contributed by atoms with Gasteiger partial charge in [0, 0.05) is 24.7 Å². The van der Waals surface area contributed by atoms with E-state index in [4.69, 9.17) is 0 Å². The molecule has 0 N–H and O–H groups in total. The fourth-order valence-electron chi connectivity index (χ4n) is 3.59. The molecule has 0 radical (unpaired) electrons. The summed E-state index contributed by atoms with van der Waals surface area (Å²) >= 11 is 0. The lowest BCUT2D eigenvalue weighted by atomic mass is 9.90. The minimum Gasteiger partial charge on any atom is -0.342 e. The molecule has 3 rings (SSSR count). The second-order valence-electron chi connectivity index (χ2n) is 7.02. The largest absolute Gasteiger partial charge is 0.342 e. The summed E-state index contributed by atoms with van der Waals surface area (Å²) in [5.74, 6) is 0.329. The fourth-order valence-corrected chi connectivity index (χ4v) is 3.59. The minimum absolute atomic E-state index is 0.127. The molecule has 28 heavy (non-hydrogen) atoms. The highest BCUT2D eigenvalue weighted by molar-refractivity contribution is 5.80. The molecule has 0 spiro atoms. The number of amides is 1. The maximum absolute atomic E-state index is 12.6. The third-order valence-corrected chi connectivity index (χ3v) is 5.15. The molecule has 0 aliphatic carbocycles. The van der Waals surface area contributed by atoms with Gasteiger partial charge in [-0.25, -0.2) is 0 Å². The first-order valence-corrected chi connectivity index (χ1v) is 9.17. The summed E-state index contributed by atoms with van der Waals surface area (Å²) in [4.78, 5) is 35.0. The zero-order chi connectivity index (χ0) is 20.1. The Bertz CT molecular complexity index is 877. The minimum atomic E-state index is -0.684. The predicted octanol–water partition coefficient (Wildman–Crippen LogP) is 3.53. The highest BCUT2D eigenvalue weighted by atomic mass is 16.6. The Morgan fingerprint density at radius 2 is 1.68 bits per heavy atom. The fraction of sp³-hybridized carbons (Fsp3) is 0.350. The van der Waals surface area contributed by atoms with Crippen molar-refractivity contribution in [1.82, 2.24) is 4.90 Å². The van der Waals surface area contributed by atoms with Crippen molar-refractivity contribution >= 4 is 17.3 Å². The summed E-state index contributed by atoms with van der Waals surface area (Å²) in [5, 5.41) is 22.1. The average molecular weight is 383 g/mol. The van der Waals surface area contributed by atoms with E-state index in [1.165, 1.54) is 17.7 Å². The Labute approximate surface area is 162 Å². The van der Waals surface area contributed by atoms with Crippen LogP contribution in [0.5, 0.6) is 0 Å². The van der Waals surface area contributed by atoms with Gasteiger partial charge in [-0.2, -0.15) is 0 Å². The number of non-ortho nitro benzene ring substituents is 1. The molecular formula is C20H21N3O5. The number of rotatable bonds is 6. The number of carbonyl (C=O) groups excluding carboxylic acids is 1. The van der Waals surface area contributed by atoms with Crippen molar-refractivity contribution in [1.29, 1.82) is 0 Å². The van der Waals surface area contributed by atoms with Crippen LogP contribution in [-0.4, -0.2) is 33.7 Å². The van der Waals surface area contributed by atoms with Crippen LogP contribution in [0.25, 0.3) is 0 Å². The second-order valence-corrected chi connectivity index (χ2v) is 7.02. The normalized spacial score (nSPS) is 14.6. The van der Waals surface area contributed by atoms with Gasteiger partial charge < -0.3 is 4.90 Å². The number of likely N-dealkylation sites (tertiary alicyclic amines) is 1. The Morgan fingerprint density at radius 1 is 1.00 bits per heavy atom. The number of nitro benzene ring substituents is 2. The summed E-state index contributed by atoms with van der Waals surface area (Å²) in [6.07, 6.45) is 2.64. The first kappa shape index (κ1) is 19.5. The summed E-state index contributed by atoms with van der Waals surface area (Å²) in [7, 11) is 0. The Balaban J connectivity index is 1.60.